The molecule has 0 N–H and O–H groups in total. The first kappa shape index (κ1) is 10.3. The van der Waals surface area contributed by atoms with Crippen LogP contribution in [0.3, 0.4) is 0 Å². The normalized spacial score (nSPS) is 10.4. The van der Waals surface area contributed by atoms with Crippen molar-refractivity contribution >= 4 is 11.3 Å². The fourth-order valence-corrected chi connectivity index (χ4v) is 2.71. The van der Waals surface area contributed by atoms with Crippen molar-refractivity contribution < 1.29 is 0 Å². The van der Waals surface area contributed by atoms with Gasteiger partial charge in [-0.25, -0.2) is 0 Å². The molecule has 0 bridgehead atoms. The topological polar surface area (TPSA) is 0 Å². The Labute approximate surface area is 105 Å². The lowest BCUT2D eigenvalue weighted by Crippen LogP contribution is -1.72. The minimum absolute atomic E-state index is 1.17. The van der Waals surface area contributed by atoms with Gasteiger partial charge >= 0.3 is 0 Å². The Bertz CT molecular complexity index is 540. The average molecular weight is 235 g/mol. The molecule has 1 aromatic heterocycles. The maximum Gasteiger partial charge on any atom is 0.0355 e. The van der Waals surface area contributed by atoms with E-state index in [1.807, 2.05) is 24.3 Å². The van der Waals surface area contributed by atoms with E-state index in [0.717, 1.165) is 0 Å². The van der Waals surface area contributed by atoms with Crippen LogP contribution >= 0.6 is 11.3 Å². The lowest BCUT2D eigenvalue weighted by Gasteiger charge is -1.96. The molecule has 1 radical (unpaired) electrons. The van der Waals surface area contributed by atoms with Crippen molar-refractivity contribution in [3.05, 3.63) is 72.1 Å². The van der Waals surface area contributed by atoms with Crippen LogP contribution in [0.15, 0.2) is 66.0 Å². The van der Waals surface area contributed by atoms with Crippen molar-refractivity contribution in [2.24, 2.45) is 0 Å². The van der Waals surface area contributed by atoms with E-state index >= 15 is 0 Å². The highest BCUT2D eigenvalue weighted by molar-refractivity contribution is 7.14. The first-order valence-electron chi connectivity index (χ1n) is 5.54. The number of hydrogen-bond donors (Lipinski definition) is 0. The van der Waals surface area contributed by atoms with Gasteiger partial charge in [-0.2, -0.15) is 0 Å². The lowest BCUT2D eigenvalue weighted by atomic mass is 10.1. The molecule has 0 fully saturated rings. The molecule has 0 saturated heterocycles. The van der Waals surface area contributed by atoms with E-state index in [0.29, 0.717) is 0 Å². The van der Waals surface area contributed by atoms with E-state index in [1.165, 1.54) is 21.6 Å². The summed E-state index contributed by atoms with van der Waals surface area (Å²) in [4.78, 5) is 1.27. The summed E-state index contributed by atoms with van der Waals surface area (Å²) < 4.78 is 0. The van der Waals surface area contributed by atoms with Crippen LogP contribution in [0, 0.1) is 6.07 Å². The Hall–Kier alpha value is -1.86. The average Bonchev–Trinajstić information content (AvgIpc) is 2.90. The van der Waals surface area contributed by atoms with Crippen LogP contribution in [0.25, 0.3) is 21.6 Å². The summed E-state index contributed by atoms with van der Waals surface area (Å²) in [6.07, 6.45) is 0. The number of benzene rings is 2. The van der Waals surface area contributed by atoms with Gasteiger partial charge in [0.15, 0.2) is 0 Å². The standard InChI is InChI=1S/C16H11S/c1-3-7-13(8-4-1)15-11-16(17-12-15)14-9-5-2-6-10-14/h1-9,11-12H. The maximum absolute atomic E-state index is 3.26. The molecule has 1 heterocycles. The third-order valence-corrected chi connectivity index (χ3v) is 3.64. The molecule has 17 heavy (non-hydrogen) atoms. The molecule has 0 nitrogen and oxygen atoms in total. The van der Waals surface area contributed by atoms with Crippen LogP contribution in [0.5, 0.6) is 0 Å². The zero-order valence-corrected chi connectivity index (χ0v) is 10.1. The van der Waals surface area contributed by atoms with E-state index in [1.54, 1.807) is 11.3 Å². The molecule has 1 heteroatoms. The van der Waals surface area contributed by atoms with Crippen LogP contribution in [-0.4, -0.2) is 0 Å². The van der Waals surface area contributed by atoms with Gasteiger partial charge in [-0.15, -0.1) is 11.3 Å². The van der Waals surface area contributed by atoms with Gasteiger partial charge in [0.05, 0.1) is 0 Å². The van der Waals surface area contributed by atoms with Crippen LogP contribution < -0.4 is 0 Å². The summed E-state index contributed by atoms with van der Waals surface area (Å²) in [7, 11) is 0. The molecule has 0 spiro atoms. The Morgan fingerprint density at radius 1 is 0.824 bits per heavy atom. The van der Waals surface area contributed by atoms with E-state index < -0.39 is 0 Å². The van der Waals surface area contributed by atoms with Crippen molar-refractivity contribution in [2.45, 2.75) is 0 Å². The Morgan fingerprint density at radius 2 is 1.65 bits per heavy atom. The largest absolute Gasteiger partial charge is 0.143 e. The van der Waals surface area contributed by atoms with Crippen molar-refractivity contribution in [3.8, 4) is 21.6 Å². The summed E-state index contributed by atoms with van der Waals surface area (Å²) in [5.41, 5.74) is 3.72. The van der Waals surface area contributed by atoms with Crippen LogP contribution in [-0.2, 0) is 0 Å². The second-order valence-electron chi connectivity index (χ2n) is 3.84. The molecule has 0 aliphatic carbocycles. The predicted molar refractivity (Wildman–Crippen MR) is 74.0 cm³/mol. The van der Waals surface area contributed by atoms with Gasteiger partial charge in [-0.1, -0.05) is 54.6 Å². The summed E-state index contributed by atoms with van der Waals surface area (Å²) in [6.45, 7) is 0. The second-order valence-corrected chi connectivity index (χ2v) is 4.75. The highest BCUT2D eigenvalue weighted by Gasteiger charge is 2.03. The van der Waals surface area contributed by atoms with Gasteiger partial charge in [0.2, 0.25) is 0 Å². The van der Waals surface area contributed by atoms with Crippen LogP contribution in [0.2, 0.25) is 0 Å². The number of rotatable bonds is 2. The predicted octanol–water partition coefficient (Wildman–Crippen LogP) is 4.88. The van der Waals surface area contributed by atoms with E-state index in [2.05, 4.69) is 47.8 Å². The zero-order valence-electron chi connectivity index (χ0n) is 9.26. The monoisotopic (exact) mass is 235 g/mol. The molecule has 0 unspecified atom stereocenters. The van der Waals surface area contributed by atoms with E-state index in [9.17, 15) is 0 Å². The minimum Gasteiger partial charge on any atom is -0.143 e. The van der Waals surface area contributed by atoms with Gasteiger partial charge in [-0.05, 0) is 34.2 Å². The van der Waals surface area contributed by atoms with E-state index in [4.69, 9.17) is 0 Å². The molecule has 81 valence electrons. The highest BCUT2D eigenvalue weighted by atomic mass is 32.1. The molecule has 0 amide bonds. The minimum atomic E-state index is 1.17. The van der Waals surface area contributed by atoms with Gasteiger partial charge in [-0.3, -0.25) is 0 Å². The first-order chi connectivity index (χ1) is 8.43. The highest BCUT2D eigenvalue weighted by Crippen LogP contribution is 2.31. The fourth-order valence-electron chi connectivity index (χ4n) is 1.81. The molecule has 0 aliphatic rings. The van der Waals surface area contributed by atoms with Gasteiger partial charge in [0.25, 0.3) is 0 Å². The number of thiophene rings is 1. The molecule has 0 atom stereocenters. The molecule has 0 saturated carbocycles. The lowest BCUT2D eigenvalue weighted by molar-refractivity contribution is 1.66. The molecular formula is C16H11S. The molecular weight excluding hydrogens is 224 g/mol. The van der Waals surface area contributed by atoms with Gasteiger partial charge < -0.3 is 0 Å². The molecule has 0 aliphatic heterocycles. The fraction of sp³-hybridized carbons (Fsp3) is 0. The second kappa shape index (κ2) is 4.56. The van der Waals surface area contributed by atoms with E-state index in [-0.39, 0.29) is 0 Å². The Balaban J connectivity index is 1.99. The third kappa shape index (κ3) is 2.15. The Morgan fingerprint density at radius 3 is 2.41 bits per heavy atom. The molecule has 3 rings (SSSR count). The SMILES string of the molecule is [c]1ccccc1-c1cc(-c2ccccc2)cs1. The Kier molecular flexibility index (Phi) is 2.76. The quantitative estimate of drug-likeness (QED) is 0.593. The van der Waals surface area contributed by atoms with Crippen LogP contribution in [0.4, 0.5) is 0 Å². The first-order valence-corrected chi connectivity index (χ1v) is 6.42. The summed E-state index contributed by atoms with van der Waals surface area (Å²) in [5.74, 6) is 0. The van der Waals surface area contributed by atoms with Gasteiger partial charge in [0.1, 0.15) is 0 Å². The smallest absolute Gasteiger partial charge is 0.0355 e. The van der Waals surface area contributed by atoms with Gasteiger partial charge in [0, 0.05) is 4.88 Å². The summed E-state index contributed by atoms with van der Waals surface area (Å²) in [6, 6.07) is 24.0. The summed E-state index contributed by atoms with van der Waals surface area (Å²) >= 11 is 1.77. The summed E-state index contributed by atoms with van der Waals surface area (Å²) in [5, 5.41) is 2.20. The van der Waals surface area contributed by atoms with Crippen molar-refractivity contribution in [1.82, 2.24) is 0 Å². The maximum atomic E-state index is 3.26. The molecule has 3 aromatic rings. The zero-order chi connectivity index (χ0) is 11.5. The van der Waals surface area contributed by atoms with Crippen molar-refractivity contribution in [3.63, 3.8) is 0 Å². The molecule has 2 aromatic carbocycles. The van der Waals surface area contributed by atoms with Crippen molar-refractivity contribution in [2.75, 3.05) is 0 Å². The number of hydrogen-bond acceptors (Lipinski definition) is 1. The van der Waals surface area contributed by atoms with Crippen LogP contribution in [0.1, 0.15) is 0 Å². The van der Waals surface area contributed by atoms with Crippen molar-refractivity contribution in [1.29, 1.82) is 0 Å². The third-order valence-electron chi connectivity index (χ3n) is 2.68.